The standard InChI is InChI=1S/C17H23NO3/c1-2-21-16(20)18-13-7-9-17(10-8-13)11-12-5-3-4-6-14(12)15(17)19/h3-6,13,15,19H,2,7-11H2,1H3,(H,18,20). The van der Waals surface area contributed by atoms with Crippen LogP contribution in [0, 0.1) is 5.41 Å². The minimum Gasteiger partial charge on any atom is -0.450 e. The van der Waals surface area contributed by atoms with Crippen LogP contribution in [-0.2, 0) is 11.2 Å². The zero-order chi connectivity index (χ0) is 14.9. The topological polar surface area (TPSA) is 58.6 Å². The average molecular weight is 289 g/mol. The summed E-state index contributed by atoms with van der Waals surface area (Å²) in [6, 6.07) is 8.37. The van der Waals surface area contributed by atoms with Gasteiger partial charge in [0.2, 0.25) is 0 Å². The number of carbonyl (C=O) groups excluding carboxylic acids is 1. The number of ether oxygens (including phenoxy) is 1. The molecule has 114 valence electrons. The number of rotatable bonds is 2. The van der Waals surface area contributed by atoms with Crippen molar-refractivity contribution in [1.29, 1.82) is 0 Å². The van der Waals surface area contributed by atoms with Crippen molar-refractivity contribution >= 4 is 6.09 Å². The highest BCUT2D eigenvalue weighted by atomic mass is 16.5. The smallest absolute Gasteiger partial charge is 0.407 e. The molecule has 1 unspecified atom stereocenters. The predicted molar refractivity (Wildman–Crippen MR) is 80.0 cm³/mol. The van der Waals surface area contributed by atoms with Gasteiger partial charge >= 0.3 is 6.09 Å². The van der Waals surface area contributed by atoms with Crippen LogP contribution in [0.5, 0.6) is 0 Å². The van der Waals surface area contributed by atoms with Gasteiger partial charge in [-0.15, -0.1) is 0 Å². The van der Waals surface area contributed by atoms with Gasteiger partial charge in [0.15, 0.2) is 0 Å². The number of carbonyl (C=O) groups is 1. The average Bonchev–Trinajstić information content (AvgIpc) is 2.75. The molecule has 4 heteroatoms. The Morgan fingerprint density at radius 1 is 1.38 bits per heavy atom. The van der Waals surface area contributed by atoms with E-state index in [0.717, 1.165) is 37.7 Å². The fraction of sp³-hybridized carbons (Fsp3) is 0.588. The highest BCUT2D eigenvalue weighted by Crippen LogP contribution is 2.53. The van der Waals surface area contributed by atoms with Gasteiger partial charge in [-0.05, 0) is 50.2 Å². The Morgan fingerprint density at radius 3 is 2.76 bits per heavy atom. The highest BCUT2D eigenvalue weighted by Gasteiger charge is 2.47. The van der Waals surface area contributed by atoms with Crippen molar-refractivity contribution in [2.75, 3.05) is 6.61 Å². The Kier molecular flexibility index (Phi) is 3.89. The van der Waals surface area contributed by atoms with Crippen molar-refractivity contribution in [3.63, 3.8) is 0 Å². The second kappa shape index (κ2) is 5.68. The van der Waals surface area contributed by atoms with Gasteiger partial charge in [0.25, 0.3) is 0 Å². The van der Waals surface area contributed by atoms with Crippen molar-refractivity contribution in [1.82, 2.24) is 5.32 Å². The predicted octanol–water partition coefficient (Wildman–Crippen LogP) is 2.95. The fourth-order valence-electron chi connectivity index (χ4n) is 3.89. The van der Waals surface area contributed by atoms with E-state index in [4.69, 9.17) is 4.74 Å². The van der Waals surface area contributed by atoms with Crippen LogP contribution >= 0.6 is 0 Å². The molecule has 1 saturated carbocycles. The van der Waals surface area contributed by atoms with Gasteiger partial charge in [0.1, 0.15) is 0 Å². The molecule has 21 heavy (non-hydrogen) atoms. The molecule has 0 saturated heterocycles. The lowest BCUT2D eigenvalue weighted by Gasteiger charge is -2.39. The van der Waals surface area contributed by atoms with Gasteiger partial charge in [0, 0.05) is 11.5 Å². The van der Waals surface area contributed by atoms with Crippen LogP contribution in [0.3, 0.4) is 0 Å². The molecule has 2 aliphatic rings. The summed E-state index contributed by atoms with van der Waals surface area (Å²) in [7, 11) is 0. The maximum atomic E-state index is 11.5. The van der Waals surface area contributed by atoms with Crippen LogP contribution in [0.25, 0.3) is 0 Å². The van der Waals surface area contributed by atoms with Crippen LogP contribution in [0.2, 0.25) is 0 Å². The first-order valence-corrected chi connectivity index (χ1v) is 7.84. The molecule has 3 rings (SSSR count). The second-order valence-corrected chi connectivity index (χ2v) is 6.28. The maximum absolute atomic E-state index is 11.5. The van der Waals surface area contributed by atoms with Crippen molar-refractivity contribution in [3.05, 3.63) is 35.4 Å². The van der Waals surface area contributed by atoms with Crippen LogP contribution in [0.15, 0.2) is 24.3 Å². The van der Waals surface area contributed by atoms with E-state index in [1.54, 1.807) is 0 Å². The van der Waals surface area contributed by atoms with Crippen molar-refractivity contribution in [3.8, 4) is 0 Å². The molecular weight excluding hydrogens is 266 g/mol. The lowest BCUT2D eigenvalue weighted by molar-refractivity contribution is 0.00340. The third kappa shape index (κ3) is 2.64. The Balaban J connectivity index is 1.63. The van der Waals surface area contributed by atoms with Crippen LogP contribution in [-0.4, -0.2) is 23.8 Å². The van der Waals surface area contributed by atoms with Gasteiger partial charge in [-0.1, -0.05) is 24.3 Å². The van der Waals surface area contributed by atoms with Crippen molar-refractivity contribution in [2.45, 2.75) is 51.2 Å². The van der Waals surface area contributed by atoms with Gasteiger partial charge in [-0.2, -0.15) is 0 Å². The Labute approximate surface area is 125 Å². The zero-order valence-corrected chi connectivity index (χ0v) is 12.5. The molecule has 0 aromatic heterocycles. The zero-order valence-electron chi connectivity index (χ0n) is 12.5. The first kappa shape index (κ1) is 14.4. The van der Waals surface area contributed by atoms with Crippen molar-refractivity contribution < 1.29 is 14.6 Å². The SMILES string of the molecule is CCOC(=O)NC1CCC2(CC1)Cc1ccccc1C2O. The molecule has 1 amide bonds. The van der Waals surface area contributed by atoms with E-state index in [1.165, 1.54) is 5.56 Å². The molecule has 1 aromatic carbocycles. The minimum absolute atomic E-state index is 0.0312. The van der Waals surface area contributed by atoms with E-state index in [0.29, 0.717) is 6.61 Å². The van der Waals surface area contributed by atoms with E-state index in [9.17, 15) is 9.90 Å². The van der Waals surface area contributed by atoms with Gasteiger partial charge in [0.05, 0.1) is 12.7 Å². The number of alkyl carbamates (subject to hydrolysis) is 1. The first-order chi connectivity index (χ1) is 10.1. The molecule has 0 bridgehead atoms. The molecule has 2 N–H and O–H groups in total. The molecule has 2 aliphatic carbocycles. The monoisotopic (exact) mass is 289 g/mol. The van der Waals surface area contributed by atoms with E-state index in [1.807, 2.05) is 25.1 Å². The summed E-state index contributed by atoms with van der Waals surface area (Å²) in [5.74, 6) is 0. The van der Waals surface area contributed by atoms with Crippen molar-refractivity contribution in [2.24, 2.45) is 5.41 Å². The molecule has 1 aromatic rings. The molecule has 0 radical (unpaired) electrons. The lowest BCUT2D eigenvalue weighted by Crippen LogP contribution is -2.42. The number of hydrogen-bond acceptors (Lipinski definition) is 3. The summed E-state index contributed by atoms with van der Waals surface area (Å²) in [4.78, 5) is 11.5. The number of nitrogens with one attached hydrogen (secondary N) is 1. The largest absolute Gasteiger partial charge is 0.450 e. The molecule has 1 fully saturated rings. The minimum atomic E-state index is -0.364. The summed E-state index contributed by atoms with van der Waals surface area (Å²) in [5.41, 5.74) is 2.34. The van der Waals surface area contributed by atoms with Crippen LogP contribution < -0.4 is 5.32 Å². The maximum Gasteiger partial charge on any atom is 0.407 e. The van der Waals surface area contributed by atoms with Gasteiger partial charge < -0.3 is 15.2 Å². The Hall–Kier alpha value is -1.55. The highest BCUT2D eigenvalue weighted by molar-refractivity contribution is 5.67. The lowest BCUT2D eigenvalue weighted by atomic mass is 9.69. The molecule has 0 aliphatic heterocycles. The second-order valence-electron chi connectivity index (χ2n) is 6.28. The summed E-state index contributed by atoms with van der Waals surface area (Å²) in [5, 5.41) is 13.6. The number of aliphatic hydroxyl groups excluding tert-OH is 1. The van der Waals surface area contributed by atoms with E-state index in [-0.39, 0.29) is 23.7 Å². The number of amides is 1. The number of fused-ring (bicyclic) bond motifs is 1. The Bertz CT molecular complexity index is 521. The summed E-state index contributed by atoms with van der Waals surface area (Å²) >= 11 is 0. The number of aliphatic hydroxyl groups is 1. The molecule has 4 nitrogen and oxygen atoms in total. The summed E-state index contributed by atoms with van der Waals surface area (Å²) < 4.78 is 4.93. The molecule has 0 heterocycles. The summed E-state index contributed by atoms with van der Waals surface area (Å²) in [6.45, 7) is 2.21. The molecule has 1 atom stereocenters. The quantitative estimate of drug-likeness (QED) is 0.880. The number of benzene rings is 1. The van der Waals surface area contributed by atoms with Gasteiger partial charge in [-0.25, -0.2) is 4.79 Å². The summed E-state index contributed by atoms with van der Waals surface area (Å²) in [6.07, 6.45) is 3.97. The Morgan fingerprint density at radius 2 is 2.10 bits per heavy atom. The van der Waals surface area contributed by atoms with E-state index >= 15 is 0 Å². The van der Waals surface area contributed by atoms with Crippen LogP contribution in [0.4, 0.5) is 4.79 Å². The van der Waals surface area contributed by atoms with E-state index in [2.05, 4.69) is 11.4 Å². The third-order valence-corrected chi connectivity index (χ3v) is 5.05. The normalized spacial score (nSPS) is 31.0. The van der Waals surface area contributed by atoms with Gasteiger partial charge in [-0.3, -0.25) is 0 Å². The fourth-order valence-corrected chi connectivity index (χ4v) is 3.89. The number of hydrogen-bond donors (Lipinski definition) is 2. The first-order valence-electron chi connectivity index (χ1n) is 7.84. The molecular formula is C17H23NO3. The molecule has 1 spiro atoms. The third-order valence-electron chi connectivity index (χ3n) is 5.05. The van der Waals surface area contributed by atoms with Crippen LogP contribution in [0.1, 0.15) is 49.8 Å². The van der Waals surface area contributed by atoms with E-state index < -0.39 is 0 Å².